The molecule has 1 N–H and O–H groups in total. The van der Waals surface area contributed by atoms with Crippen molar-refractivity contribution in [3.05, 3.63) is 53.3 Å². The molecular weight excluding hydrogens is 488 g/mol. The highest BCUT2D eigenvalue weighted by molar-refractivity contribution is 7.92. The number of carbonyl (C=O) groups excluding carboxylic acids is 1. The summed E-state index contributed by atoms with van der Waals surface area (Å²) in [6.45, 7) is 0. The maximum absolute atomic E-state index is 14.5. The lowest BCUT2D eigenvalue weighted by Gasteiger charge is -2.37. The molecule has 0 spiro atoms. The molecule has 0 aromatic heterocycles. The van der Waals surface area contributed by atoms with Crippen LogP contribution in [0.1, 0.15) is 43.2 Å². The monoisotopic (exact) mass is 512 g/mol. The van der Waals surface area contributed by atoms with Gasteiger partial charge in [0, 0.05) is 24.5 Å². The van der Waals surface area contributed by atoms with E-state index in [-0.39, 0.29) is 23.1 Å². The van der Waals surface area contributed by atoms with Gasteiger partial charge in [-0.25, -0.2) is 17.6 Å². The number of nitrogens with zero attached hydrogens (tertiary/aromatic N) is 3. The predicted octanol–water partition coefficient (Wildman–Crippen LogP) is 5.48. The first-order valence-electron chi connectivity index (χ1n) is 10.8. The Hall–Kier alpha value is -3.33. The lowest BCUT2D eigenvalue weighted by molar-refractivity contribution is -0.137. The van der Waals surface area contributed by atoms with Crippen molar-refractivity contribution in [2.45, 2.75) is 44.3 Å². The smallest absolute Gasteiger partial charge is 0.297 e. The van der Waals surface area contributed by atoms with Crippen LogP contribution in [-0.2, 0) is 16.2 Å². The molecule has 2 aromatic rings. The third-order valence-corrected chi connectivity index (χ3v) is 6.37. The number of rotatable bonds is 5. The summed E-state index contributed by atoms with van der Waals surface area (Å²) in [5.74, 6) is -0.922. The third kappa shape index (κ3) is 6.22. The summed E-state index contributed by atoms with van der Waals surface area (Å²) in [6, 6.07) is 7.03. The maximum atomic E-state index is 14.5. The topological polar surface area (TPSA) is 93.5 Å². The van der Waals surface area contributed by atoms with Gasteiger partial charge in [0.05, 0.1) is 29.1 Å². The van der Waals surface area contributed by atoms with Gasteiger partial charge in [0.25, 0.3) is 0 Å². The van der Waals surface area contributed by atoms with Crippen LogP contribution in [0.25, 0.3) is 0 Å². The number of amides is 2. The Morgan fingerprint density at radius 1 is 1.09 bits per heavy atom. The van der Waals surface area contributed by atoms with Crippen LogP contribution in [0, 0.1) is 17.1 Å². The fourth-order valence-corrected chi connectivity index (χ4v) is 4.66. The van der Waals surface area contributed by atoms with Crippen LogP contribution in [0.15, 0.2) is 36.4 Å². The van der Waals surface area contributed by atoms with Gasteiger partial charge in [-0.05, 0) is 49.2 Å². The highest BCUT2D eigenvalue weighted by atomic mass is 32.2. The summed E-state index contributed by atoms with van der Waals surface area (Å²) in [5, 5.41) is 9.11. The van der Waals surface area contributed by atoms with E-state index in [2.05, 4.69) is 0 Å². The molecule has 0 bridgehead atoms. The SMILES string of the molecule is CN(C(=O)N(c1ccc(C#N)c(C(F)(F)F)c1)C1CCCCC1)c1ccc(NS(C)(=O)=O)c(F)c1. The van der Waals surface area contributed by atoms with E-state index in [9.17, 15) is 30.8 Å². The van der Waals surface area contributed by atoms with Crippen LogP contribution in [0.3, 0.4) is 0 Å². The molecule has 1 aliphatic rings. The Labute approximate surface area is 201 Å². The second-order valence-corrected chi connectivity index (χ2v) is 10.1. The van der Waals surface area contributed by atoms with Gasteiger partial charge in [-0.2, -0.15) is 18.4 Å². The second-order valence-electron chi connectivity index (χ2n) is 8.38. The van der Waals surface area contributed by atoms with Gasteiger partial charge in [-0.3, -0.25) is 14.5 Å². The van der Waals surface area contributed by atoms with Gasteiger partial charge in [-0.15, -0.1) is 0 Å². The number of carbonyl (C=O) groups is 1. The summed E-state index contributed by atoms with van der Waals surface area (Å²) >= 11 is 0. The fraction of sp³-hybridized carbons (Fsp3) is 0.391. The van der Waals surface area contributed by atoms with E-state index in [1.807, 2.05) is 4.72 Å². The first-order chi connectivity index (χ1) is 16.3. The predicted molar refractivity (Wildman–Crippen MR) is 124 cm³/mol. The van der Waals surface area contributed by atoms with Crippen LogP contribution < -0.4 is 14.5 Å². The first kappa shape index (κ1) is 26.3. The number of anilines is 3. The normalized spacial score (nSPS) is 14.8. The number of alkyl halides is 3. The maximum Gasteiger partial charge on any atom is 0.417 e. The molecule has 0 unspecified atom stereocenters. The summed E-state index contributed by atoms with van der Waals surface area (Å²) in [6.07, 6.45) is -0.249. The number of sulfonamides is 1. The second kappa shape index (κ2) is 10.1. The molecule has 0 atom stereocenters. The zero-order valence-corrected chi connectivity index (χ0v) is 19.9. The van der Waals surface area contributed by atoms with Crippen molar-refractivity contribution >= 4 is 33.1 Å². The standard InChI is InChI=1S/C23H24F4N4O3S/c1-30(17-10-11-21(20(24)13-17)29-35(2,33)34)22(32)31(16-6-4-3-5-7-16)18-9-8-15(14-28)19(12-18)23(25,26)27/h8-13,16,29H,3-7H2,1-2H3. The molecule has 1 saturated carbocycles. The number of urea groups is 1. The zero-order chi connectivity index (χ0) is 26.0. The quantitative estimate of drug-likeness (QED) is 0.537. The lowest BCUT2D eigenvalue weighted by Crippen LogP contribution is -2.48. The average Bonchev–Trinajstić information content (AvgIpc) is 2.79. The molecule has 12 heteroatoms. The molecule has 35 heavy (non-hydrogen) atoms. The molecule has 1 aliphatic carbocycles. The van der Waals surface area contributed by atoms with Crippen LogP contribution in [0.4, 0.5) is 39.4 Å². The van der Waals surface area contributed by atoms with E-state index in [1.165, 1.54) is 30.1 Å². The highest BCUT2D eigenvalue weighted by Crippen LogP contribution is 2.37. The molecule has 188 valence electrons. The van der Waals surface area contributed by atoms with Crippen molar-refractivity contribution < 1.29 is 30.8 Å². The first-order valence-corrected chi connectivity index (χ1v) is 12.7. The molecule has 3 rings (SSSR count). The number of halogens is 4. The van der Waals surface area contributed by atoms with E-state index in [4.69, 9.17) is 5.26 Å². The highest BCUT2D eigenvalue weighted by Gasteiger charge is 2.36. The number of benzene rings is 2. The third-order valence-electron chi connectivity index (χ3n) is 5.78. The van der Waals surface area contributed by atoms with Crippen molar-refractivity contribution in [1.29, 1.82) is 5.26 Å². The Morgan fingerprint density at radius 3 is 2.26 bits per heavy atom. The Bertz CT molecular complexity index is 1250. The average molecular weight is 513 g/mol. The minimum Gasteiger partial charge on any atom is -0.297 e. The summed E-state index contributed by atoms with van der Waals surface area (Å²) in [5.41, 5.74) is -1.94. The molecule has 2 aromatic carbocycles. The molecule has 0 saturated heterocycles. The van der Waals surface area contributed by atoms with Crippen LogP contribution >= 0.6 is 0 Å². The number of nitrogens with one attached hydrogen (secondary N) is 1. The molecule has 0 radical (unpaired) electrons. The van der Waals surface area contributed by atoms with Gasteiger partial charge in [0.2, 0.25) is 10.0 Å². The van der Waals surface area contributed by atoms with E-state index in [1.54, 1.807) is 0 Å². The van der Waals surface area contributed by atoms with E-state index < -0.39 is 39.2 Å². The molecule has 2 amide bonds. The van der Waals surface area contributed by atoms with Gasteiger partial charge < -0.3 is 0 Å². The van der Waals surface area contributed by atoms with Gasteiger partial charge in [0.1, 0.15) is 5.82 Å². The Kier molecular flexibility index (Phi) is 7.59. The Morgan fingerprint density at radius 2 is 1.71 bits per heavy atom. The molecule has 0 aliphatic heterocycles. The summed E-state index contributed by atoms with van der Waals surface area (Å²) < 4.78 is 80.1. The lowest BCUT2D eigenvalue weighted by atomic mass is 9.93. The zero-order valence-electron chi connectivity index (χ0n) is 19.1. The van der Waals surface area contributed by atoms with Crippen molar-refractivity contribution in [1.82, 2.24) is 0 Å². The number of nitriles is 1. The van der Waals surface area contributed by atoms with Crippen molar-refractivity contribution in [2.24, 2.45) is 0 Å². The van der Waals surface area contributed by atoms with Gasteiger partial charge in [0.15, 0.2) is 0 Å². The van der Waals surface area contributed by atoms with E-state index >= 15 is 0 Å². The van der Waals surface area contributed by atoms with Crippen LogP contribution in [0.2, 0.25) is 0 Å². The number of hydrogen-bond acceptors (Lipinski definition) is 4. The largest absolute Gasteiger partial charge is 0.417 e. The van der Waals surface area contributed by atoms with Crippen LogP contribution in [-0.4, -0.2) is 33.8 Å². The van der Waals surface area contributed by atoms with E-state index in [0.29, 0.717) is 12.8 Å². The van der Waals surface area contributed by atoms with Crippen molar-refractivity contribution in [3.63, 3.8) is 0 Å². The minimum atomic E-state index is -4.79. The van der Waals surface area contributed by atoms with Crippen molar-refractivity contribution in [3.8, 4) is 6.07 Å². The Balaban J connectivity index is 2.02. The minimum absolute atomic E-state index is 0.0177. The van der Waals surface area contributed by atoms with Crippen LogP contribution in [0.5, 0.6) is 0 Å². The van der Waals surface area contributed by atoms with E-state index in [0.717, 1.165) is 54.7 Å². The molecular formula is C23H24F4N4O3S. The summed E-state index contributed by atoms with van der Waals surface area (Å²) in [4.78, 5) is 15.9. The molecule has 0 heterocycles. The summed E-state index contributed by atoms with van der Waals surface area (Å²) in [7, 11) is -2.38. The van der Waals surface area contributed by atoms with Crippen molar-refractivity contribution in [2.75, 3.05) is 27.8 Å². The van der Waals surface area contributed by atoms with Gasteiger partial charge >= 0.3 is 12.2 Å². The fourth-order valence-electron chi connectivity index (χ4n) is 4.10. The number of hydrogen-bond donors (Lipinski definition) is 1. The molecule has 7 nitrogen and oxygen atoms in total. The van der Waals surface area contributed by atoms with Gasteiger partial charge in [-0.1, -0.05) is 19.3 Å². The molecule has 1 fully saturated rings.